The molecule has 0 unspecified atom stereocenters. The van der Waals surface area contributed by atoms with Gasteiger partial charge in [-0.3, -0.25) is 15.0 Å². The summed E-state index contributed by atoms with van der Waals surface area (Å²) in [7, 11) is 0. The summed E-state index contributed by atoms with van der Waals surface area (Å²) in [5.74, 6) is 0.956. The number of hydrogen-bond donors (Lipinski definition) is 0. The standard InChI is InChI=1S/C26H11N11OS/c1-2-28-18-12-8-32-24(36-13(12)6-14(18)27-1)15-9-34-25-21(35-15)19-16(38-25)10-33-23(37-19)11-5-17-20(31-7-11)22-26(39-17)30-4-3-29-22/h1-5,7-10H,6H2. The lowest BCUT2D eigenvalue weighted by molar-refractivity contribution is 0.650. The highest BCUT2D eigenvalue weighted by Crippen LogP contribution is 2.34. The zero-order valence-electron chi connectivity index (χ0n) is 19.6. The molecule has 8 aromatic heterocycles. The van der Waals surface area contributed by atoms with Gasteiger partial charge in [0.2, 0.25) is 5.71 Å². The van der Waals surface area contributed by atoms with Crippen LogP contribution in [0, 0.1) is 0 Å². The smallest absolute Gasteiger partial charge is 0.248 e. The Kier molecular flexibility index (Phi) is 3.99. The molecule has 0 aromatic carbocycles. The van der Waals surface area contributed by atoms with Crippen LogP contribution in [-0.4, -0.2) is 54.8 Å². The molecule has 9 rings (SSSR count). The summed E-state index contributed by atoms with van der Waals surface area (Å²) >= 11 is 1.53. The average Bonchev–Trinajstić information content (AvgIpc) is 3.66. The summed E-state index contributed by atoms with van der Waals surface area (Å²) in [4.78, 5) is 50.9. The maximum atomic E-state index is 5.87. The van der Waals surface area contributed by atoms with Crippen LogP contribution in [0.2, 0.25) is 0 Å². The first kappa shape index (κ1) is 20.6. The molecule has 0 amide bonds. The number of hydrogen-bond acceptors (Lipinski definition) is 13. The van der Waals surface area contributed by atoms with Gasteiger partial charge in [0.15, 0.2) is 22.7 Å². The van der Waals surface area contributed by atoms with Gasteiger partial charge in [-0.15, -0.1) is 11.3 Å². The highest BCUT2D eigenvalue weighted by Gasteiger charge is 2.24. The van der Waals surface area contributed by atoms with E-state index in [0.29, 0.717) is 46.1 Å². The van der Waals surface area contributed by atoms with Gasteiger partial charge in [-0.1, -0.05) is 0 Å². The van der Waals surface area contributed by atoms with Crippen molar-refractivity contribution in [1.29, 1.82) is 0 Å². The second-order valence-electron chi connectivity index (χ2n) is 8.88. The topological polar surface area (TPSA) is 155 Å². The summed E-state index contributed by atoms with van der Waals surface area (Å²) in [6, 6.07) is 2.00. The van der Waals surface area contributed by atoms with Gasteiger partial charge in [0.05, 0.1) is 34.2 Å². The maximum absolute atomic E-state index is 5.87. The van der Waals surface area contributed by atoms with Gasteiger partial charge in [0, 0.05) is 54.7 Å². The molecular weight excluding hydrogens is 514 g/mol. The van der Waals surface area contributed by atoms with E-state index in [1.54, 1.807) is 49.6 Å². The zero-order chi connectivity index (χ0) is 25.5. The Bertz CT molecular complexity index is 2290. The van der Waals surface area contributed by atoms with Crippen molar-refractivity contribution in [3.63, 3.8) is 0 Å². The first-order valence-corrected chi connectivity index (χ1v) is 12.7. The molecule has 1 aliphatic rings. The second kappa shape index (κ2) is 7.55. The lowest BCUT2D eigenvalue weighted by Gasteiger charge is -2.02. The van der Waals surface area contributed by atoms with Crippen LogP contribution < -0.4 is 0 Å². The van der Waals surface area contributed by atoms with E-state index < -0.39 is 0 Å². The van der Waals surface area contributed by atoms with Crippen LogP contribution in [0.25, 0.3) is 77.1 Å². The summed E-state index contributed by atoms with van der Waals surface area (Å²) in [6.07, 6.45) is 14.0. The van der Waals surface area contributed by atoms with Crippen LogP contribution in [0.4, 0.5) is 0 Å². The fourth-order valence-electron chi connectivity index (χ4n) is 4.82. The molecule has 13 heteroatoms. The maximum Gasteiger partial charge on any atom is 0.248 e. The third kappa shape index (κ3) is 3.01. The van der Waals surface area contributed by atoms with E-state index in [-0.39, 0.29) is 0 Å². The molecule has 0 saturated heterocycles. The van der Waals surface area contributed by atoms with E-state index in [1.807, 2.05) is 6.07 Å². The van der Waals surface area contributed by atoms with E-state index in [9.17, 15) is 0 Å². The third-order valence-electron chi connectivity index (χ3n) is 6.59. The number of thiophene rings is 1. The molecule has 182 valence electrons. The monoisotopic (exact) mass is 525 g/mol. The molecule has 1 aliphatic carbocycles. The minimum atomic E-state index is 0.359. The summed E-state index contributed by atoms with van der Waals surface area (Å²) < 4.78 is 6.83. The van der Waals surface area contributed by atoms with Crippen LogP contribution in [0.15, 0.2) is 60.1 Å². The Balaban J connectivity index is 1.15. The first-order valence-electron chi connectivity index (χ1n) is 11.9. The van der Waals surface area contributed by atoms with Crippen LogP contribution >= 0.6 is 11.3 Å². The van der Waals surface area contributed by atoms with E-state index in [2.05, 4.69) is 39.9 Å². The van der Waals surface area contributed by atoms with Crippen molar-refractivity contribution in [1.82, 2.24) is 54.8 Å². The summed E-state index contributed by atoms with van der Waals surface area (Å²) in [5.41, 5.74) is 8.22. The largest absolute Gasteiger partial charge is 0.433 e. The number of rotatable bonds is 2. The fraction of sp³-hybridized carbons (Fsp3) is 0.0385. The van der Waals surface area contributed by atoms with Crippen molar-refractivity contribution in [2.75, 3.05) is 0 Å². The summed E-state index contributed by atoms with van der Waals surface area (Å²) in [6.45, 7) is 0. The van der Waals surface area contributed by atoms with E-state index >= 15 is 0 Å². The molecule has 0 aliphatic heterocycles. The Morgan fingerprint density at radius 3 is 2.54 bits per heavy atom. The lowest BCUT2D eigenvalue weighted by Crippen LogP contribution is -1.97. The quantitative estimate of drug-likeness (QED) is 0.317. The summed E-state index contributed by atoms with van der Waals surface area (Å²) in [5, 5.41) is 0. The minimum Gasteiger partial charge on any atom is -0.433 e. The third-order valence-corrected chi connectivity index (χ3v) is 7.62. The molecule has 8 heterocycles. The van der Waals surface area contributed by atoms with Gasteiger partial charge in [-0.2, -0.15) is 0 Å². The molecule has 0 radical (unpaired) electrons. The van der Waals surface area contributed by atoms with Crippen molar-refractivity contribution in [2.45, 2.75) is 6.42 Å². The molecule has 39 heavy (non-hydrogen) atoms. The average molecular weight is 526 g/mol. The van der Waals surface area contributed by atoms with Crippen molar-refractivity contribution in [3.8, 4) is 34.2 Å². The molecule has 12 nitrogen and oxygen atoms in total. The molecule has 0 fully saturated rings. The van der Waals surface area contributed by atoms with Crippen molar-refractivity contribution < 1.29 is 4.42 Å². The number of aromatic nitrogens is 11. The predicted octanol–water partition coefficient (Wildman–Crippen LogP) is 4.20. The van der Waals surface area contributed by atoms with E-state index in [4.69, 9.17) is 19.4 Å². The number of nitrogens with zero attached hydrogens (tertiary/aromatic N) is 11. The molecule has 0 bridgehead atoms. The highest BCUT2D eigenvalue weighted by molar-refractivity contribution is 7.25. The normalized spacial score (nSPS) is 12.5. The van der Waals surface area contributed by atoms with Crippen molar-refractivity contribution >= 4 is 54.2 Å². The van der Waals surface area contributed by atoms with Crippen LogP contribution in [0.5, 0.6) is 0 Å². The Labute approximate surface area is 221 Å². The van der Waals surface area contributed by atoms with Crippen LogP contribution in [-0.2, 0) is 6.42 Å². The van der Waals surface area contributed by atoms with E-state index in [1.165, 1.54) is 11.3 Å². The van der Waals surface area contributed by atoms with Crippen molar-refractivity contribution in [3.05, 3.63) is 67.0 Å². The molecule has 8 aromatic rings. The number of furan rings is 1. The Morgan fingerprint density at radius 1 is 0.641 bits per heavy atom. The van der Waals surface area contributed by atoms with E-state index in [0.717, 1.165) is 48.8 Å². The minimum absolute atomic E-state index is 0.359. The fourth-order valence-corrected chi connectivity index (χ4v) is 5.81. The predicted molar refractivity (Wildman–Crippen MR) is 141 cm³/mol. The molecule has 0 saturated carbocycles. The van der Waals surface area contributed by atoms with Crippen LogP contribution in [0.3, 0.4) is 0 Å². The van der Waals surface area contributed by atoms with Gasteiger partial charge in [0.25, 0.3) is 0 Å². The van der Waals surface area contributed by atoms with Gasteiger partial charge in [-0.25, -0.2) is 39.9 Å². The first-order chi connectivity index (χ1) is 19.3. The molecular formula is C26H11N11OS. The number of fused-ring (bicyclic) bond motifs is 9. The van der Waals surface area contributed by atoms with Gasteiger partial charge < -0.3 is 4.42 Å². The van der Waals surface area contributed by atoms with Crippen molar-refractivity contribution in [2.24, 2.45) is 0 Å². The Hall–Kier alpha value is -5.43. The highest BCUT2D eigenvalue weighted by atomic mass is 32.1. The van der Waals surface area contributed by atoms with Gasteiger partial charge in [-0.05, 0) is 6.07 Å². The second-order valence-corrected chi connectivity index (χ2v) is 9.91. The lowest BCUT2D eigenvalue weighted by atomic mass is 10.2. The SMILES string of the molecule is c1cnc2c(n1)Cc1nc(-c3cnc4oc5cnc(-c6cnc7c(c6)sc6nccnc67)nc5c4n3)ncc1-2. The van der Waals surface area contributed by atoms with Gasteiger partial charge in [0.1, 0.15) is 27.1 Å². The number of pyridine rings is 1. The van der Waals surface area contributed by atoms with Crippen LogP contribution in [0.1, 0.15) is 11.4 Å². The zero-order valence-corrected chi connectivity index (χ0v) is 20.5. The molecule has 0 atom stereocenters. The Morgan fingerprint density at radius 2 is 1.54 bits per heavy atom. The van der Waals surface area contributed by atoms with Gasteiger partial charge >= 0.3 is 0 Å². The molecule has 0 N–H and O–H groups in total. The molecule has 0 spiro atoms.